The van der Waals surface area contributed by atoms with E-state index >= 15 is 0 Å². The van der Waals surface area contributed by atoms with Crippen LogP contribution in [0.4, 0.5) is 0 Å². The molecule has 0 bridgehead atoms. The molecule has 0 spiro atoms. The summed E-state index contributed by atoms with van der Waals surface area (Å²) in [5, 5.41) is 8.51. The SMILES string of the molecule is CCCOc1ccc(/C(C)=N/NC(=O)Cn2nc(C)cc2C)cc1OCCC. The van der Waals surface area contributed by atoms with E-state index in [-0.39, 0.29) is 12.5 Å². The van der Waals surface area contributed by atoms with Crippen molar-refractivity contribution in [1.29, 1.82) is 0 Å². The number of hydrogen-bond donors (Lipinski definition) is 1. The van der Waals surface area contributed by atoms with Crippen molar-refractivity contribution in [2.75, 3.05) is 13.2 Å². The fraction of sp³-hybridized carbons (Fsp3) is 0.476. The Balaban J connectivity index is 2.07. The molecule has 0 saturated carbocycles. The van der Waals surface area contributed by atoms with Gasteiger partial charge in [0.1, 0.15) is 6.54 Å². The maximum atomic E-state index is 12.2. The number of aryl methyl sites for hydroxylation is 2. The Morgan fingerprint density at radius 2 is 1.79 bits per heavy atom. The summed E-state index contributed by atoms with van der Waals surface area (Å²) in [6.45, 7) is 11.2. The number of carbonyl (C=O) groups is 1. The van der Waals surface area contributed by atoms with Crippen LogP contribution in [-0.2, 0) is 11.3 Å². The fourth-order valence-corrected chi connectivity index (χ4v) is 2.61. The van der Waals surface area contributed by atoms with Crippen molar-refractivity contribution in [2.24, 2.45) is 5.10 Å². The first-order valence-electron chi connectivity index (χ1n) is 9.68. The maximum Gasteiger partial charge on any atom is 0.261 e. The number of carbonyl (C=O) groups excluding carboxylic acids is 1. The second kappa shape index (κ2) is 10.5. The number of rotatable bonds is 10. The highest BCUT2D eigenvalue weighted by Crippen LogP contribution is 2.29. The number of hydrazone groups is 1. The predicted octanol–water partition coefficient (Wildman–Crippen LogP) is 3.62. The predicted molar refractivity (Wildman–Crippen MR) is 110 cm³/mol. The molecule has 7 heteroatoms. The van der Waals surface area contributed by atoms with Gasteiger partial charge in [0.2, 0.25) is 0 Å². The molecule has 1 amide bonds. The summed E-state index contributed by atoms with van der Waals surface area (Å²) < 4.78 is 13.2. The van der Waals surface area contributed by atoms with E-state index < -0.39 is 0 Å². The number of aromatic nitrogens is 2. The van der Waals surface area contributed by atoms with E-state index in [9.17, 15) is 4.79 Å². The smallest absolute Gasteiger partial charge is 0.261 e. The summed E-state index contributed by atoms with van der Waals surface area (Å²) in [7, 11) is 0. The lowest BCUT2D eigenvalue weighted by Gasteiger charge is -2.13. The summed E-state index contributed by atoms with van der Waals surface area (Å²) in [6, 6.07) is 7.62. The zero-order valence-corrected chi connectivity index (χ0v) is 17.4. The molecule has 0 saturated heterocycles. The van der Waals surface area contributed by atoms with E-state index in [2.05, 4.69) is 29.5 Å². The van der Waals surface area contributed by atoms with Crippen LogP contribution in [0.2, 0.25) is 0 Å². The summed E-state index contributed by atoms with van der Waals surface area (Å²) >= 11 is 0. The van der Waals surface area contributed by atoms with Gasteiger partial charge in [-0.1, -0.05) is 13.8 Å². The second-order valence-corrected chi connectivity index (χ2v) is 6.68. The third-order valence-corrected chi connectivity index (χ3v) is 4.03. The van der Waals surface area contributed by atoms with E-state index in [1.807, 2.05) is 45.0 Å². The molecule has 1 aromatic heterocycles. The van der Waals surface area contributed by atoms with Crippen molar-refractivity contribution in [3.8, 4) is 11.5 Å². The molecule has 2 aromatic rings. The molecule has 0 aliphatic carbocycles. The third kappa shape index (κ3) is 6.11. The Labute approximate surface area is 166 Å². The quantitative estimate of drug-likeness (QED) is 0.500. The van der Waals surface area contributed by atoms with Gasteiger partial charge in [0.25, 0.3) is 5.91 Å². The zero-order chi connectivity index (χ0) is 20.5. The Bertz CT molecular complexity index is 827. The number of amides is 1. The molecule has 1 heterocycles. The highest BCUT2D eigenvalue weighted by molar-refractivity contribution is 5.99. The van der Waals surface area contributed by atoms with Gasteiger partial charge < -0.3 is 9.47 Å². The van der Waals surface area contributed by atoms with Gasteiger partial charge in [-0.3, -0.25) is 9.48 Å². The number of nitrogens with zero attached hydrogens (tertiary/aromatic N) is 3. The first-order chi connectivity index (χ1) is 13.4. The van der Waals surface area contributed by atoms with Gasteiger partial charge >= 0.3 is 0 Å². The molecule has 0 unspecified atom stereocenters. The molecule has 0 radical (unpaired) electrons. The second-order valence-electron chi connectivity index (χ2n) is 6.68. The molecule has 1 N–H and O–H groups in total. The average Bonchev–Trinajstić information content (AvgIpc) is 2.99. The lowest BCUT2D eigenvalue weighted by Crippen LogP contribution is -2.25. The maximum absolute atomic E-state index is 12.2. The van der Waals surface area contributed by atoms with E-state index in [1.165, 1.54) is 0 Å². The van der Waals surface area contributed by atoms with E-state index in [1.54, 1.807) is 4.68 Å². The minimum Gasteiger partial charge on any atom is -0.490 e. The van der Waals surface area contributed by atoms with E-state index in [0.717, 1.165) is 35.5 Å². The molecular weight excluding hydrogens is 356 g/mol. The van der Waals surface area contributed by atoms with Crippen molar-refractivity contribution in [3.63, 3.8) is 0 Å². The minimum absolute atomic E-state index is 0.130. The number of hydrogen-bond acceptors (Lipinski definition) is 5. The van der Waals surface area contributed by atoms with Crippen molar-refractivity contribution < 1.29 is 14.3 Å². The van der Waals surface area contributed by atoms with Crippen LogP contribution in [0.1, 0.15) is 50.6 Å². The van der Waals surface area contributed by atoms with Crippen LogP contribution in [-0.4, -0.2) is 34.6 Å². The van der Waals surface area contributed by atoms with Gasteiger partial charge in [-0.25, -0.2) is 5.43 Å². The van der Waals surface area contributed by atoms with Gasteiger partial charge in [0.05, 0.1) is 24.6 Å². The van der Waals surface area contributed by atoms with E-state index in [0.29, 0.717) is 24.7 Å². The molecule has 0 aliphatic heterocycles. The molecular formula is C21H30N4O3. The minimum atomic E-state index is -0.226. The summed E-state index contributed by atoms with van der Waals surface area (Å²) in [6.07, 6.45) is 1.84. The lowest BCUT2D eigenvalue weighted by atomic mass is 10.1. The number of benzene rings is 1. The highest BCUT2D eigenvalue weighted by atomic mass is 16.5. The molecule has 28 heavy (non-hydrogen) atoms. The van der Waals surface area contributed by atoms with Gasteiger partial charge in [0.15, 0.2) is 11.5 Å². The number of nitrogens with one attached hydrogen (secondary N) is 1. The Morgan fingerprint density at radius 1 is 1.11 bits per heavy atom. The largest absolute Gasteiger partial charge is 0.490 e. The molecule has 0 aliphatic rings. The van der Waals surface area contributed by atoms with Crippen molar-refractivity contribution in [3.05, 3.63) is 41.2 Å². The number of ether oxygens (including phenoxy) is 2. The highest BCUT2D eigenvalue weighted by Gasteiger charge is 2.10. The van der Waals surface area contributed by atoms with E-state index in [4.69, 9.17) is 9.47 Å². The van der Waals surface area contributed by atoms with Crippen LogP contribution in [0.5, 0.6) is 11.5 Å². The monoisotopic (exact) mass is 386 g/mol. The Hall–Kier alpha value is -2.83. The molecule has 7 nitrogen and oxygen atoms in total. The third-order valence-electron chi connectivity index (χ3n) is 4.03. The molecule has 2 rings (SSSR count). The standard InChI is InChI=1S/C21H30N4O3/c1-6-10-27-19-9-8-18(13-20(19)28-11-7-2)17(5)22-23-21(26)14-25-16(4)12-15(3)24-25/h8-9,12-13H,6-7,10-11,14H2,1-5H3,(H,23,26)/b22-17+. The summed E-state index contributed by atoms with van der Waals surface area (Å²) in [5.74, 6) is 1.19. The fourth-order valence-electron chi connectivity index (χ4n) is 2.61. The average molecular weight is 386 g/mol. The van der Waals surface area contributed by atoms with Crippen LogP contribution < -0.4 is 14.9 Å². The first-order valence-corrected chi connectivity index (χ1v) is 9.68. The van der Waals surface area contributed by atoms with Gasteiger partial charge in [-0.2, -0.15) is 10.2 Å². The van der Waals surface area contributed by atoms with Crippen LogP contribution in [0, 0.1) is 13.8 Å². The van der Waals surface area contributed by atoms with Crippen LogP contribution in [0.3, 0.4) is 0 Å². The summed E-state index contributed by atoms with van der Waals surface area (Å²) in [5.41, 5.74) is 5.96. The molecule has 0 atom stereocenters. The molecule has 0 fully saturated rings. The Morgan fingerprint density at radius 3 is 2.39 bits per heavy atom. The van der Waals surface area contributed by atoms with Gasteiger partial charge in [-0.15, -0.1) is 0 Å². The summed E-state index contributed by atoms with van der Waals surface area (Å²) in [4.78, 5) is 12.2. The van der Waals surface area contributed by atoms with Crippen LogP contribution in [0.25, 0.3) is 0 Å². The zero-order valence-electron chi connectivity index (χ0n) is 17.4. The van der Waals surface area contributed by atoms with Crippen molar-refractivity contribution in [1.82, 2.24) is 15.2 Å². The van der Waals surface area contributed by atoms with Crippen molar-refractivity contribution >= 4 is 11.6 Å². The van der Waals surface area contributed by atoms with Crippen molar-refractivity contribution in [2.45, 2.75) is 54.0 Å². The topological polar surface area (TPSA) is 77.7 Å². The van der Waals surface area contributed by atoms with Crippen LogP contribution >= 0.6 is 0 Å². The molecule has 1 aromatic carbocycles. The normalized spacial score (nSPS) is 11.4. The Kier molecular flexibility index (Phi) is 8.04. The van der Waals surface area contributed by atoms with Gasteiger partial charge in [-0.05, 0) is 57.9 Å². The van der Waals surface area contributed by atoms with Crippen LogP contribution in [0.15, 0.2) is 29.4 Å². The first kappa shape index (κ1) is 21.5. The molecule has 152 valence electrons. The van der Waals surface area contributed by atoms with Gasteiger partial charge in [0, 0.05) is 11.3 Å². The lowest BCUT2D eigenvalue weighted by molar-refractivity contribution is -0.121.